The fraction of sp³-hybridized carbons (Fsp3) is 0.417. The van der Waals surface area contributed by atoms with Gasteiger partial charge in [0.2, 0.25) is 5.91 Å². The van der Waals surface area contributed by atoms with E-state index in [9.17, 15) is 9.59 Å². The lowest BCUT2D eigenvalue weighted by Crippen LogP contribution is -2.53. The molecule has 2 aromatic rings. The Labute approximate surface area is 184 Å². The molecular weight excluding hydrogens is 392 g/mol. The molecule has 0 aromatic heterocycles. The molecule has 0 radical (unpaired) electrons. The molecule has 7 nitrogen and oxygen atoms in total. The van der Waals surface area contributed by atoms with Gasteiger partial charge < -0.3 is 20.3 Å². The molecule has 0 unspecified atom stereocenters. The molecule has 1 fully saturated rings. The van der Waals surface area contributed by atoms with Crippen LogP contribution in [-0.4, -0.2) is 67.6 Å². The van der Waals surface area contributed by atoms with Crippen LogP contribution in [0.1, 0.15) is 17.5 Å². The largest absolute Gasteiger partial charge is 0.494 e. The van der Waals surface area contributed by atoms with Gasteiger partial charge in [0.25, 0.3) is 0 Å². The summed E-state index contributed by atoms with van der Waals surface area (Å²) >= 11 is 0. The quantitative estimate of drug-likeness (QED) is 0.607. The van der Waals surface area contributed by atoms with Crippen molar-refractivity contribution in [1.29, 1.82) is 0 Å². The highest BCUT2D eigenvalue weighted by Crippen LogP contribution is 2.12. The summed E-state index contributed by atoms with van der Waals surface area (Å²) in [5.74, 6) is 0.866. The highest BCUT2D eigenvalue weighted by atomic mass is 16.5. The van der Waals surface area contributed by atoms with Crippen molar-refractivity contribution >= 4 is 11.9 Å². The van der Waals surface area contributed by atoms with Crippen LogP contribution in [0.5, 0.6) is 5.75 Å². The second-order valence-electron chi connectivity index (χ2n) is 7.78. The Hall–Kier alpha value is -3.06. The molecular formula is C24H32N4O3. The third-order valence-corrected chi connectivity index (χ3v) is 5.21. The minimum Gasteiger partial charge on any atom is -0.494 e. The van der Waals surface area contributed by atoms with Gasteiger partial charge in [-0.05, 0) is 36.6 Å². The molecule has 3 amide bonds. The zero-order valence-electron chi connectivity index (χ0n) is 18.2. The van der Waals surface area contributed by atoms with Gasteiger partial charge in [-0.1, -0.05) is 42.5 Å². The highest BCUT2D eigenvalue weighted by molar-refractivity contribution is 5.78. The second-order valence-corrected chi connectivity index (χ2v) is 7.78. The second kappa shape index (κ2) is 12.0. The predicted octanol–water partition coefficient (Wildman–Crippen LogP) is 2.41. The number of piperazine rings is 1. The molecule has 0 saturated carbocycles. The third kappa shape index (κ3) is 7.94. The van der Waals surface area contributed by atoms with Crippen LogP contribution in [0.2, 0.25) is 0 Å². The van der Waals surface area contributed by atoms with Gasteiger partial charge in [-0.3, -0.25) is 9.69 Å². The van der Waals surface area contributed by atoms with Crippen molar-refractivity contribution in [2.75, 3.05) is 45.9 Å². The first-order chi connectivity index (χ1) is 15.1. The number of carbonyl (C=O) groups is 2. The maximum absolute atomic E-state index is 12.3. The van der Waals surface area contributed by atoms with E-state index in [2.05, 4.69) is 15.5 Å². The van der Waals surface area contributed by atoms with Crippen molar-refractivity contribution in [1.82, 2.24) is 20.4 Å². The average Bonchev–Trinajstić information content (AvgIpc) is 2.78. The molecule has 0 spiro atoms. The number of ether oxygens (including phenoxy) is 1. The Morgan fingerprint density at radius 1 is 0.968 bits per heavy atom. The lowest BCUT2D eigenvalue weighted by molar-refractivity contribution is -0.122. The topological polar surface area (TPSA) is 73.9 Å². The molecule has 1 aliphatic rings. The Morgan fingerprint density at radius 3 is 2.48 bits per heavy atom. The Morgan fingerprint density at radius 2 is 1.74 bits per heavy atom. The summed E-state index contributed by atoms with van der Waals surface area (Å²) in [4.78, 5) is 28.4. The zero-order chi connectivity index (χ0) is 21.9. The molecule has 1 saturated heterocycles. The first-order valence-electron chi connectivity index (χ1n) is 10.9. The number of benzene rings is 2. The molecule has 2 N–H and O–H groups in total. The highest BCUT2D eigenvalue weighted by Gasteiger charge is 2.22. The lowest BCUT2D eigenvalue weighted by atomic mass is 10.2. The van der Waals surface area contributed by atoms with E-state index in [0.717, 1.165) is 17.7 Å². The number of amides is 3. The van der Waals surface area contributed by atoms with Gasteiger partial charge in [0.1, 0.15) is 5.75 Å². The van der Waals surface area contributed by atoms with Crippen molar-refractivity contribution < 1.29 is 14.3 Å². The van der Waals surface area contributed by atoms with Crippen LogP contribution in [0.25, 0.3) is 0 Å². The molecule has 7 heteroatoms. The van der Waals surface area contributed by atoms with Crippen molar-refractivity contribution in [2.45, 2.75) is 19.9 Å². The summed E-state index contributed by atoms with van der Waals surface area (Å²) in [5.41, 5.74) is 2.25. The maximum atomic E-state index is 12.3. The molecule has 31 heavy (non-hydrogen) atoms. The maximum Gasteiger partial charge on any atom is 0.317 e. The Bertz CT molecular complexity index is 836. The number of rotatable bonds is 9. The minimum atomic E-state index is -0.0521. The molecule has 1 heterocycles. The Kier molecular flexibility index (Phi) is 8.72. The number of carbonyl (C=O) groups excluding carboxylic acids is 2. The molecule has 3 rings (SSSR count). The van der Waals surface area contributed by atoms with Gasteiger partial charge in [-0.15, -0.1) is 0 Å². The molecule has 1 aliphatic heterocycles. The number of nitrogens with zero attached hydrogens (tertiary/aromatic N) is 2. The first kappa shape index (κ1) is 22.6. The van der Waals surface area contributed by atoms with Crippen LogP contribution in [-0.2, 0) is 11.3 Å². The van der Waals surface area contributed by atoms with Gasteiger partial charge in [0, 0.05) is 39.3 Å². The van der Waals surface area contributed by atoms with E-state index in [1.807, 2.05) is 61.5 Å². The van der Waals surface area contributed by atoms with E-state index >= 15 is 0 Å². The van der Waals surface area contributed by atoms with E-state index in [4.69, 9.17) is 4.74 Å². The van der Waals surface area contributed by atoms with Crippen LogP contribution in [0.3, 0.4) is 0 Å². The fourth-order valence-electron chi connectivity index (χ4n) is 3.44. The van der Waals surface area contributed by atoms with Crippen LogP contribution >= 0.6 is 0 Å². The zero-order valence-corrected chi connectivity index (χ0v) is 18.2. The molecule has 2 aromatic carbocycles. The van der Waals surface area contributed by atoms with Crippen LogP contribution in [0, 0.1) is 6.92 Å². The van der Waals surface area contributed by atoms with Gasteiger partial charge in [0.15, 0.2) is 0 Å². The van der Waals surface area contributed by atoms with Crippen molar-refractivity contribution in [3.05, 3.63) is 65.7 Å². The van der Waals surface area contributed by atoms with Gasteiger partial charge in [-0.25, -0.2) is 4.79 Å². The van der Waals surface area contributed by atoms with Gasteiger partial charge in [-0.2, -0.15) is 0 Å². The number of aryl methyl sites for hydroxylation is 1. The minimum absolute atomic E-state index is 0.00960. The smallest absolute Gasteiger partial charge is 0.317 e. The molecule has 166 valence electrons. The summed E-state index contributed by atoms with van der Waals surface area (Å²) < 4.78 is 5.70. The van der Waals surface area contributed by atoms with Crippen LogP contribution < -0.4 is 15.4 Å². The summed E-state index contributed by atoms with van der Waals surface area (Å²) in [6.07, 6.45) is 0.751. The normalized spacial score (nSPS) is 14.2. The summed E-state index contributed by atoms with van der Waals surface area (Å²) in [6.45, 7) is 6.71. The van der Waals surface area contributed by atoms with Crippen molar-refractivity contribution in [3.63, 3.8) is 0 Å². The van der Waals surface area contributed by atoms with E-state index in [1.165, 1.54) is 5.56 Å². The molecule has 0 atom stereocenters. The number of urea groups is 1. The van der Waals surface area contributed by atoms with Gasteiger partial charge in [0.05, 0.1) is 13.2 Å². The summed E-state index contributed by atoms with van der Waals surface area (Å²) in [7, 11) is 0. The number of nitrogens with one attached hydrogen (secondary N) is 2. The van der Waals surface area contributed by atoms with Gasteiger partial charge >= 0.3 is 6.03 Å². The van der Waals surface area contributed by atoms with E-state index in [-0.39, 0.29) is 11.9 Å². The predicted molar refractivity (Wildman–Crippen MR) is 121 cm³/mol. The molecule has 0 bridgehead atoms. The third-order valence-electron chi connectivity index (χ3n) is 5.21. The Balaban J connectivity index is 1.25. The van der Waals surface area contributed by atoms with E-state index in [0.29, 0.717) is 52.4 Å². The van der Waals surface area contributed by atoms with Crippen molar-refractivity contribution in [3.8, 4) is 5.75 Å². The lowest BCUT2D eigenvalue weighted by Gasteiger charge is -2.34. The van der Waals surface area contributed by atoms with Crippen LogP contribution in [0.4, 0.5) is 4.79 Å². The average molecular weight is 425 g/mol. The van der Waals surface area contributed by atoms with Crippen LogP contribution in [0.15, 0.2) is 54.6 Å². The fourth-order valence-corrected chi connectivity index (χ4v) is 3.44. The molecule has 0 aliphatic carbocycles. The monoisotopic (exact) mass is 424 g/mol. The van der Waals surface area contributed by atoms with Crippen molar-refractivity contribution in [2.24, 2.45) is 0 Å². The van der Waals surface area contributed by atoms with E-state index < -0.39 is 0 Å². The summed E-state index contributed by atoms with van der Waals surface area (Å²) in [6, 6.07) is 17.8. The SMILES string of the molecule is Cc1cccc(OCCCNC(=O)N2CCN(CC(=O)NCc3ccccc3)CC2)c1. The standard InChI is InChI=1S/C24H32N4O3/c1-20-7-5-10-22(17-20)31-16-6-11-25-24(30)28-14-12-27(13-15-28)19-23(29)26-18-21-8-3-2-4-9-21/h2-5,7-10,17H,6,11-16,18-19H2,1H3,(H,25,30)(H,26,29). The number of hydrogen-bond donors (Lipinski definition) is 2. The van der Waals surface area contributed by atoms with E-state index in [1.54, 1.807) is 4.90 Å². The first-order valence-corrected chi connectivity index (χ1v) is 10.9. The number of hydrogen-bond acceptors (Lipinski definition) is 4. The summed E-state index contributed by atoms with van der Waals surface area (Å²) in [5, 5.41) is 5.90.